The molecule has 0 bridgehead atoms. The molecule has 0 aliphatic carbocycles. The van der Waals surface area contributed by atoms with Gasteiger partial charge >= 0.3 is 0 Å². The maximum Gasteiger partial charge on any atom is 0.116 e. The van der Waals surface area contributed by atoms with E-state index >= 15 is 0 Å². The van der Waals surface area contributed by atoms with Crippen LogP contribution in [0.15, 0.2) is 12.4 Å². The molecule has 0 aromatic carbocycles. The second-order valence-corrected chi connectivity index (χ2v) is 4.09. The largest absolute Gasteiger partial charge is 0.240 e. The Morgan fingerprint density at radius 3 is 2.77 bits per heavy atom. The number of aryl methyl sites for hydroxylation is 2. The summed E-state index contributed by atoms with van der Waals surface area (Å²) in [6.07, 6.45) is 3.74. The van der Waals surface area contributed by atoms with Gasteiger partial charge in [0.15, 0.2) is 0 Å². The highest BCUT2D eigenvalue weighted by atomic mass is 32.1. The van der Waals surface area contributed by atoms with Gasteiger partial charge in [-0.2, -0.15) is 0 Å². The summed E-state index contributed by atoms with van der Waals surface area (Å²) in [6.45, 7) is 4.30. The fourth-order valence-electron chi connectivity index (χ4n) is 1.38. The van der Waals surface area contributed by atoms with Crippen molar-refractivity contribution in [1.29, 1.82) is 0 Å². The molecule has 0 saturated heterocycles. The highest BCUT2D eigenvalue weighted by Crippen LogP contribution is 2.26. The van der Waals surface area contributed by atoms with Gasteiger partial charge in [0.2, 0.25) is 0 Å². The first-order chi connectivity index (χ1) is 6.35. The molecule has 0 amide bonds. The molecular formula is C10H12N2S. The smallest absolute Gasteiger partial charge is 0.116 e. The average Bonchev–Trinajstić information content (AvgIpc) is 2.59. The first-order valence-electron chi connectivity index (χ1n) is 4.57. The van der Waals surface area contributed by atoms with Crippen molar-refractivity contribution in [3.8, 4) is 0 Å². The Bertz CT molecular complexity index is 420. The summed E-state index contributed by atoms with van der Waals surface area (Å²) in [6, 6.07) is 2.17. The van der Waals surface area contributed by atoms with Crippen LogP contribution in [0.5, 0.6) is 0 Å². The van der Waals surface area contributed by atoms with Crippen molar-refractivity contribution in [3.63, 3.8) is 0 Å². The number of fused-ring (bicyclic) bond motifs is 1. The first-order valence-corrected chi connectivity index (χ1v) is 5.39. The van der Waals surface area contributed by atoms with E-state index in [9.17, 15) is 0 Å². The molecule has 3 heteroatoms. The van der Waals surface area contributed by atoms with Gasteiger partial charge in [-0.1, -0.05) is 13.8 Å². The minimum atomic E-state index is 0.989. The quantitative estimate of drug-likeness (QED) is 0.731. The van der Waals surface area contributed by atoms with Gasteiger partial charge in [0.1, 0.15) is 6.33 Å². The summed E-state index contributed by atoms with van der Waals surface area (Å²) in [7, 11) is 0. The number of thiophene rings is 1. The Morgan fingerprint density at radius 1 is 1.23 bits per heavy atom. The molecule has 0 fully saturated rings. The summed E-state index contributed by atoms with van der Waals surface area (Å²) in [4.78, 5) is 9.92. The van der Waals surface area contributed by atoms with Crippen LogP contribution in [-0.4, -0.2) is 9.97 Å². The van der Waals surface area contributed by atoms with Crippen molar-refractivity contribution in [3.05, 3.63) is 23.0 Å². The Hall–Kier alpha value is -0.960. The van der Waals surface area contributed by atoms with Crippen LogP contribution in [0.25, 0.3) is 10.2 Å². The van der Waals surface area contributed by atoms with Crippen LogP contribution in [-0.2, 0) is 12.8 Å². The molecule has 2 heterocycles. The van der Waals surface area contributed by atoms with E-state index in [-0.39, 0.29) is 0 Å². The summed E-state index contributed by atoms with van der Waals surface area (Å²) >= 11 is 1.82. The zero-order valence-corrected chi connectivity index (χ0v) is 8.69. The third-order valence-corrected chi connectivity index (χ3v) is 3.44. The lowest BCUT2D eigenvalue weighted by Crippen LogP contribution is -1.86. The third kappa shape index (κ3) is 1.44. The molecule has 0 aliphatic rings. The van der Waals surface area contributed by atoms with E-state index in [4.69, 9.17) is 0 Å². The molecule has 0 aliphatic heterocycles. The standard InChI is InChI=1S/C10H12N2S/c1-3-7-5-9-10(13-7)8(4-2)11-6-12-9/h5-6H,3-4H2,1-2H3. The molecular weight excluding hydrogens is 180 g/mol. The normalized spacial score (nSPS) is 10.9. The van der Waals surface area contributed by atoms with E-state index in [0.717, 1.165) is 18.4 Å². The van der Waals surface area contributed by atoms with Gasteiger partial charge in [-0.15, -0.1) is 11.3 Å². The molecule has 0 spiro atoms. The average molecular weight is 192 g/mol. The summed E-state index contributed by atoms with van der Waals surface area (Å²) in [5.74, 6) is 0. The van der Waals surface area contributed by atoms with Crippen molar-refractivity contribution in [2.75, 3.05) is 0 Å². The minimum Gasteiger partial charge on any atom is -0.240 e. The maximum absolute atomic E-state index is 4.27. The predicted octanol–water partition coefficient (Wildman–Crippen LogP) is 2.82. The molecule has 2 aromatic rings. The van der Waals surface area contributed by atoms with Gasteiger partial charge in [0.25, 0.3) is 0 Å². The van der Waals surface area contributed by atoms with Crippen LogP contribution in [0.1, 0.15) is 24.4 Å². The highest BCUT2D eigenvalue weighted by Gasteiger charge is 2.05. The van der Waals surface area contributed by atoms with Gasteiger partial charge in [-0.3, -0.25) is 0 Å². The summed E-state index contributed by atoms with van der Waals surface area (Å²) in [5, 5.41) is 0. The van der Waals surface area contributed by atoms with E-state index in [0.29, 0.717) is 0 Å². The number of rotatable bonds is 2. The van der Waals surface area contributed by atoms with E-state index in [1.165, 1.54) is 15.3 Å². The number of nitrogens with zero attached hydrogens (tertiary/aromatic N) is 2. The van der Waals surface area contributed by atoms with E-state index in [1.54, 1.807) is 6.33 Å². The zero-order chi connectivity index (χ0) is 9.26. The van der Waals surface area contributed by atoms with E-state index < -0.39 is 0 Å². The molecule has 0 radical (unpaired) electrons. The van der Waals surface area contributed by atoms with Crippen LogP contribution >= 0.6 is 11.3 Å². The van der Waals surface area contributed by atoms with Gasteiger partial charge < -0.3 is 0 Å². The van der Waals surface area contributed by atoms with E-state index in [2.05, 4.69) is 29.9 Å². The van der Waals surface area contributed by atoms with Crippen LogP contribution in [0, 0.1) is 0 Å². The fourth-order valence-corrected chi connectivity index (χ4v) is 2.49. The molecule has 2 aromatic heterocycles. The Labute approximate surface area is 81.7 Å². The van der Waals surface area contributed by atoms with E-state index in [1.807, 2.05) is 11.3 Å². The number of aromatic nitrogens is 2. The second-order valence-electron chi connectivity index (χ2n) is 2.95. The predicted molar refractivity (Wildman–Crippen MR) is 56.2 cm³/mol. The van der Waals surface area contributed by atoms with Crippen LogP contribution < -0.4 is 0 Å². The zero-order valence-electron chi connectivity index (χ0n) is 7.87. The number of hydrogen-bond acceptors (Lipinski definition) is 3. The lowest BCUT2D eigenvalue weighted by Gasteiger charge is -1.94. The molecule has 0 unspecified atom stereocenters. The SMILES string of the molecule is CCc1cc2ncnc(CC)c2s1. The minimum absolute atomic E-state index is 0.989. The molecule has 13 heavy (non-hydrogen) atoms. The molecule has 68 valence electrons. The molecule has 0 N–H and O–H groups in total. The van der Waals surface area contributed by atoms with Crippen molar-refractivity contribution >= 4 is 21.6 Å². The van der Waals surface area contributed by atoms with Crippen LogP contribution in [0.3, 0.4) is 0 Å². The van der Waals surface area contributed by atoms with Crippen LogP contribution in [0.4, 0.5) is 0 Å². The van der Waals surface area contributed by atoms with Gasteiger partial charge in [0, 0.05) is 4.88 Å². The topological polar surface area (TPSA) is 25.8 Å². The van der Waals surface area contributed by atoms with Gasteiger partial charge in [-0.25, -0.2) is 9.97 Å². The first kappa shape index (κ1) is 8.63. The van der Waals surface area contributed by atoms with Crippen molar-refractivity contribution in [1.82, 2.24) is 9.97 Å². The van der Waals surface area contributed by atoms with Crippen molar-refractivity contribution in [2.24, 2.45) is 0 Å². The lowest BCUT2D eigenvalue weighted by atomic mass is 10.3. The Morgan fingerprint density at radius 2 is 2.08 bits per heavy atom. The lowest BCUT2D eigenvalue weighted by molar-refractivity contribution is 1.04. The van der Waals surface area contributed by atoms with Gasteiger partial charge in [0.05, 0.1) is 15.9 Å². The Kier molecular flexibility index (Phi) is 2.27. The fraction of sp³-hybridized carbons (Fsp3) is 0.400. The van der Waals surface area contributed by atoms with Gasteiger partial charge in [-0.05, 0) is 18.9 Å². The summed E-state index contributed by atoms with van der Waals surface area (Å²) < 4.78 is 1.27. The molecule has 2 rings (SSSR count). The van der Waals surface area contributed by atoms with Crippen molar-refractivity contribution < 1.29 is 0 Å². The third-order valence-electron chi connectivity index (χ3n) is 2.12. The van der Waals surface area contributed by atoms with Crippen molar-refractivity contribution in [2.45, 2.75) is 26.7 Å². The maximum atomic E-state index is 4.27. The number of hydrogen-bond donors (Lipinski definition) is 0. The molecule has 0 saturated carbocycles. The molecule has 2 nitrogen and oxygen atoms in total. The highest BCUT2D eigenvalue weighted by molar-refractivity contribution is 7.19. The molecule has 0 atom stereocenters. The Balaban J connectivity index is 2.67. The van der Waals surface area contributed by atoms with Crippen LogP contribution in [0.2, 0.25) is 0 Å². The second kappa shape index (κ2) is 3.42. The summed E-state index contributed by atoms with van der Waals surface area (Å²) in [5.41, 5.74) is 2.28. The monoisotopic (exact) mass is 192 g/mol.